The number of aromatic nitrogens is 2. The third-order valence-corrected chi connectivity index (χ3v) is 6.49. The second-order valence-corrected chi connectivity index (χ2v) is 10.5. The highest BCUT2D eigenvalue weighted by Crippen LogP contribution is 2.35. The molecule has 33 heavy (non-hydrogen) atoms. The molecule has 2 aromatic rings. The van der Waals surface area contributed by atoms with Crippen molar-refractivity contribution in [1.82, 2.24) is 20.2 Å². The number of rotatable bonds is 7. The van der Waals surface area contributed by atoms with Gasteiger partial charge in [-0.2, -0.15) is 0 Å². The molecule has 0 bridgehead atoms. The molecular formula is C23H33N5O4S. The van der Waals surface area contributed by atoms with E-state index in [1.165, 1.54) is 0 Å². The van der Waals surface area contributed by atoms with Crippen molar-refractivity contribution in [3.05, 3.63) is 28.5 Å². The number of aliphatic hydroxyl groups excluding tert-OH is 2. The summed E-state index contributed by atoms with van der Waals surface area (Å²) in [6.45, 7) is 10.2. The number of carbonyl (C=O) groups is 2. The maximum Gasteiger partial charge on any atom is 0.280 e. The number of aliphatic hydroxyl groups is 2. The quantitative estimate of drug-likeness (QED) is 0.484. The first-order valence-electron chi connectivity index (χ1n) is 11.1. The van der Waals surface area contributed by atoms with E-state index in [-0.39, 0.29) is 34.7 Å². The minimum Gasteiger partial charge on any atom is -0.394 e. The van der Waals surface area contributed by atoms with E-state index in [0.717, 1.165) is 41.1 Å². The second kappa shape index (κ2) is 10.1. The van der Waals surface area contributed by atoms with E-state index in [1.54, 1.807) is 11.1 Å². The van der Waals surface area contributed by atoms with Crippen molar-refractivity contribution in [2.24, 2.45) is 0 Å². The first kappa shape index (κ1) is 25.1. The summed E-state index contributed by atoms with van der Waals surface area (Å²) in [4.78, 5) is 37.4. The molecule has 2 atom stereocenters. The van der Waals surface area contributed by atoms with Gasteiger partial charge in [-0.05, 0) is 59.1 Å². The van der Waals surface area contributed by atoms with Gasteiger partial charge in [0.15, 0.2) is 5.01 Å². The molecule has 10 heteroatoms. The first-order chi connectivity index (χ1) is 15.5. The summed E-state index contributed by atoms with van der Waals surface area (Å²) in [6.07, 6.45) is 2.52. The van der Waals surface area contributed by atoms with Crippen LogP contribution in [0.2, 0.25) is 0 Å². The molecule has 4 N–H and O–H groups in total. The Labute approximate surface area is 198 Å². The van der Waals surface area contributed by atoms with Gasteiger partial charge in [-0.1, -0.05) is 0 Å². The van der Waals surface area contributed by atoms with Crippen LogP contribution in [-0.4, -0.2) is 74.3 Å². The summed E-state index contributed by atoms with van der Waals surface area (Å²) in [7, 11) is 0. The average Bonchev–Trinajstić information content (AvgIpc) is 3.37. The second-order valence-electron chi connectivity index (χ2n) is 9.49. The Hall–Kier alpha value is -2.56. The summed E-state index contributed by atoms with van der Waals surface area (Å²) in [5, 5.41) is 24.5. The average molecular weight is 476 g/mol. The lowest BCUT2D eigenvalue weighted by Crippen LogP contribution is -2.35. The molecule has 9 nitrogen and oxygen atoms in total. The van der Waals surface area contributed by atoms with Crippen LogP contribution in [0.25, 0.3) is 10.4 Å². The predicted octanol–water partition coefficient (Wildman–Crippen LogP) is 2.43. The van der Waals surface area contributed by atoms with Crippen LogP contribution in [-0.2, 0) is 0 Å². The number of carbonyl (C=O) groups excluding carboxylic acids is 2. The number of thiazole rings is 1. The molecule has 3 heterocycles. The lowest BCUT2D eigenvalue weighted by Gasteiger charge is -2.22. The Kier molecular flexibility index (Phi) is 7.71. The number of nitrogens with zero attached hydrogens (tertiary/aromatic N) is 3. The molecule has 0 aromatic carbocycles. The molecule has 1 aliphatic heterocycles. The number of amides is 2. The molecule has 180 valence electrons. The Morgan fingerprint density at radius 3 is 2.67 bits per heavy atom. The van der Waals surface area contributed by atoms with E-state index >= 15 is 0 Å². The summed E-state index contributed by atoms with van der Waals surface area (Å²) in [5.41, 5.74) is 1.74. The van der Waals surface area contributed by atoms with Gasteiger partial charge in [0.05, 0.1) is 17.6 Å². The molecule has 2 aromatic heterocycles. The van der Waals surface area contributed by atoms with E-state index < -0.39 is 18.6 Å². The smallest absolute Gasteiger partial charge is 0.280 e. The van der Waals surface area contributed by atoms with Crippen LogP contribution < -0.4 is 10.6 Å². The molecular weight excluding hydrogens is 442 g/mol. The molecule has 0 spiro atoms. The zero-order chi connectivity index (χ0) is 24.3. The third kappa shape index (κ3) is 6.07. The fraction of sp³-hybridized carbons (Fsp3) is 0.565. The number of nitrogens with one attached hydrogen (secondary N) is 2. The van der Waals surface area contributed by atoms with Gasteiger partial charge in [0.25, 0.3) is 11.8 Å². The number of hydrogen-bond donors (Lipinski definition) is 4. The number of likely N-dealkylation sites (tertiary alicyclic amines) is 1. The lowest BCUT2D eigenvalue weighted by atomic mass is 10.1. The molecule has 1 fully saturated rings. The topological polar surface area (TPSA) is 128 Å². The molecule has 0 unspecified atom stereocenters. The fourth-order valence-corrected chi connectivity index (χ4v) is 4.76. The summed E-state index contributed by atoms with van der Waals surface area (Å²) < 4.78 is 0. The summed E-state index contributed by atoms with van der Waals surface area (Å²) in [6, 6.07) is 2.03. The maximum absolute atomic E-state index is 13.4. The van der Waals surface area contributed by atoms with Crippen LogP contribution >= 0.6 is 11.3 Å². The van der Waals surface area contributed by atoms with Crippen molar-refractivity contribution < 1.29 is 19.8 Å². The van der Waals surface area contributed by atoms with E-state index in [2.05, 4.69) is 20.6 Å². The monoisotopic (exact) mass is 475 g/mol. The van der Waals surface area contributed by atoms with Crippen LogP contribution in [0.3, 0.4) is 0 Å². The van der Waals surface area contributed by atoms with Gasteiger partial charge in [0.1, 0.15) is 11.5 Å². The van der Waals surface area contributed by atoms with Crippen molar-refractivity contribution in [2.75, 3.05) is 25.0 Å². The predicted molar refractivity (Wildman–Crippen MR) is 129 cm³/mol. The first-order valence-corrected chi connectivity index (χ1v) is 12.0. The van der Waals surface area contributed by atoms with E-state index in [4.69, 9.17) is 5.11 Å². The SMILES string of the molecule is Cc1cc(NC(C)(C)C)ncc1-c1sc(C(=O)NC[C@@H](O)CO)nc1C(=O)N1CCC[C@@H]1C. The van der Waals surface area contributed by atoms with Crippen molar-refractivity contribution in [2.45, 2.75) is 65.1 Å². The largest absolute Gasteiger partial charge is 0.394 e. The van der Waals surface area contributed by atoms with Crippen molar-refractivity contribution in [3.8, 4) is 10.4 Å². The van der Waals surface area contributed by atoms with Gasteiger partial charge < -0.3 is 25.7 Å². The zero-order valence-electron chi connectivity index (χ0n) is 19.8. The highest BCUT2D eigenvalue weighted by atomic mass is 32.1. The molecule has 2 amide bonds. The van der Waals surface area contributed by atoms with E-state index in [0.29, 0.717) is 11.4 Å². The Morgan fingerprint density at radius 2 is 2.09 bits per heavy atom. The molecule has 0 radical (unpaired) electrons. The summed E-state index contributed by atoms with van der Waals surface area (Å²) >= 11 is 1.13. The molecule has 1 aliphatic rings. The van der Waals surface area contributed by atoms with Gasteiger partial charge in [-0.3, -0.25) is 9.59 Å². The lowest BCUT2D eigenvalue weighted by molar-refractivity contribution is 0.0742. The van der Waals surface area contributed by atoms with E-state index in [1.807, 2.05) is 40.7 Å². The minimum atomic E-state index is -1.06. The van der Waals surface area contributed by atoms with Gasteiger partial charge in [-0.25, -0.2) is 9.97 Å². The van der Waals surface area contributed by atoms with E-state index in [9.17, 15) is 14.7 Å². The van der Waals surface area contributed by atoms with Crippen LogP contribution in [0, 0.1) is 6.92 Å². The summed E-state index contributed by atoms with van der Waals surface area (Å²) in [5.74, 6) is 0.0288. The highest BCUT2D eigenvalue weighted by Gasteiger charge is 2.32. The third-order valence-electron chi connectivity index (χ3n) is 5.41. The standard InChI is InChI=1S/C23H33N5O4S/c1-13-9-17(27-23(3,4)5)24-11-16(13)19-18(22(32)28-8-6-7-14(28)2)26-21(33-19)20(31)25-10-15(30)12-29/h9,11,14-15,29-30H,6-8,10,12H2,1-5H3,(H,24,27)(H,25,31)/t14-,15+/m0/s1. The zero-order valence-corrected chi connectivity index (χ0v) is 20.6. The Morgan fingerprint density at radius 1 is 1.36 bits per heavy atom. The van der Waals surface area contributed by atoms with Gasteiger partial charge >= 0.3 is 0 Å². The number of hydrogen-bond acceptors (Lipinski definition) is 8. The van der Waals surface area contributed by atoms with Crippen molar-refractivity contribution in [3.63, 3.8) is 0 Å². The van der Waals surface area contributed by atoms with Crippen molar-refractivity contribution >= 4 is 29.0 Å². The maximum atomic E-state index is 13.4. The van der Waals surface area contributed by atoms with Crippen LogP contribution in [0.1, 0.15) is 66.4 Å². The van der Waals surface area contributed by atoms with Crippen molar-refractivity contribution in [1.29, 1.82) is 0 Å². The number of aryl methyl sites for hydroxylation is 1. The molecule has 0 aliphatic carbocycles. The normalized spacial score (nSPS) is 17.2. The number of anilines is 1. The Balaban J connectivity index is 1.99. The highest BCUT2D eigenvalue weighted by molar-refractivity contribution is 7.17. The van der Waals surface area contributed by atoms with Crippen LogP contribution in [0.4, 0.5) is 5.82 Å². The van der Waals surface area contributed by atoms with Crippen LogP contribution in [0.5, 0.6) is 0 Å². The number of pyridine rings is 1. The van der Waals surface area contributed by atoms with Gasteiger partial charge in [-0.15, -0.1) is 11.3 Å². The molecule has 1 saturated heterocycles. The van der Waals surface area contributed by atoms with Crippen LogP contribution in [0.15, 0.2) is 12.3 Å². The minimum absolute atomic E-state index is 0.107. The van der Waals surface area contributed by atoms with Gasteiger partial charge in [0, 0.05) is 36.4 Å². The molecule has 3 rings (SSSR count). The van der Waals surface area contributed by atoms with Gasteiger partial charge in [0.2, 0.25) is 0 Å². The fourth-order valence-electron chi connectivity index (χ4n) is 3.71. The molecule has 0 saturated carbocycles. The Bertz CT molecular complexity index is 1020.